The molecule has 3 heterocycles. The van der Waals surface area contributed by atoms with Gasteiger partial charge >= 0.3 is 0 Å². The van der Waals surface area contributed by atoms with Crippen molar-refractivity contribution in [1.82, 2.24) is 13.9 Å². The molecule has 0 amide bonds. The first-order valence-electron chi connectivity index (χ1n) is 11.2. The van der Waals surface area contributed by atoms with Crippen molar-refractivity contribution in [2.45, 2.75) is 54.1 Å². The molecule has 6 nitrogen and oxygen atoms in total. The highest BCUT2D eigenvalue weighted by atomic mass is 32.2. The van der Waals surface area contributed by atoms with Crippen molar-refractivity contribution in [3.05, 3.63) is 53.3 Å². The molecule has 2 aliphatic rings. The van der Waals surface area contributed by atoms with Gasteiger partial charge in [-0.05, 0) is 49.9 Å². The number of fused-ring (bicyclic) bond motifs is 1. The molecule has 5 rings (SSSR count). The summed E-state index contributed by atoms with van der Waals surface area (Å²) in [6.07, 6.45) is 3.53. The highest BCUT2D eigenvalue weighted by Gasteiger charge is 2.28. The molecular weight excluding hydrogens is 487 g/mol. The number of hydrogen-bond acceptors (Lipinski definition) is 5. The fourth-order valence-electron chi connectivity index (χ4n) is 4.42. The standard InChI is InChI=1S/C23H24F3N3O3S2/c24-18-12-20(26)19(25)10-15(18)14-33-23-27-21-11-17(34(30,31)28-7-1-2-8-28)5-6-22(21)29(23)13-16-4-3-9-32-16/h5-6,10-12,16H,1-4,7-9,13-14H2/t16-/m1/s1. The van der Waals surface area contributed by atoms with Gasteiger partial charge in [-0.1, -0.05) is 11.8 Å². The van der Waals surface area contributed by atoms with Crippen molar-refractivity contribution >= 4 is 32.8 Å². The average molecular weight is 512 g/mol. The summed E-state index contributed by atoms with van der Waals surface area (Å²) in [6.45, 7) is 2.21. The number of thioether (sulfide) groups is 1. The van der Waals surface area contributed by atoms with Gasteiger partial charge in [0.05, 0.1) is 28.6 Å². The number of sulfonamides is 1. The van der Waals surface area contributed by atoms with Gasteiger partial charge in [0, 0.05) is 37.1 Å². The first kappa shape index (κ1) is 23.7. The van der Waals surface area contributed by atoms with E-state index in [4.69, 9.17) is 4.74 Å². The SMILES string of the molecule is O=S(=O)(c1ccc2c(c1)nc(SCc1cc(F)c(F)cc1F)n2C[C@H]1CCCO1)N1CCCC1. The lowest BCUT2D eigenvalue weighted by molar-refractivity contribution is 0.0960. The third-order valence-corrected chi connectivity index (χ3v) is 9.16. The molecule has 0 unspecified atom stereocenters. The van der Waals surface area contributed by atoms with E-state index >= 15 is 0 Å². The number of nitrogens with zero attached hydrogens (tertiary/aromatic N) is 3. The van der Waals surface area contributed by atoms with E-state index in [1.807, 2.05) is 4.57 Å². The number of hydrogen-bond donors (Lipinski definition) is 0. The molecule has 0 N–H and O–H groups in total. The summed E-state index contributed by atoms with van der Waals surface area (Å²) in [7, 11) is -3.60. The zero-order valence-corrected chi connectivity index (χ0v) is 20.0. The number of benzene rings is 2. The first-order chi connectivity index (χ1) is 16.3. The van der Waals surface area contributed by atoms with E-state index in [-0.39, 0.29) is 22.3 Å². The van der Waals surface area contributed by atoms with E-state index in [9.17, 15) is 21.6 Å². The van der Waals surface area contributed by atoms with Gasteiger partial charge in [-0.3, -0.25) is 0 Å². The van der Waals surface area contributed by atoms with Gasteiger partial charge in [0.2, 0.25) is 10.0 Å². The molecule has 3 aromatic rings. The van der Waals surface area contributed by atoms with Gasteiger partial charge in [0.15, 0.2) is 16.8 Å². The van der Waals surface area contributed by atoms with E-state index in [0.717, 1.165) is 37.3 Å². The van der Waals surface area contributed by atoms with E-state index in [0.29, 0.717) is 43.0 Å². The Hall–Kier alpha value is -2.08. The van der Waals surface area contributed by atoms with Gasteiger partial charge in [-0.25, -0.2) is 26.6 Å². The van der Waals surface area contributed by atoms with Crippen LogP contribution in [0.25, 0.3) is 11.0 Å². The summed E-state index contributed by atoms with van der Waals surface area (Å²) >= 11 is 1.18. The van der Waals surface area contributed by atoms with Gasteiger partial charge in [0.1, 0.15) is 5.82 Å². The minimum Gasteiger partial charge on any atom is -0.376 e. The lowest BCUT2D eigenvalue weighted by atomic mass is 10.2. The number of imidazole rings is 1. The molecule has 1 aromatic heterocycles. The van der Waals surface area contributed by atoms with Crippen molar-refractivity contribution in [1.29, 1.82) is 0 Å². The molecule has 2 aromatic carbocycles. The van der Waals surface area contributed by atoms with Crippen LogP contribution in [0.15, 0.2) is 40.4 Å². The maximum Gasteiger partial charge on any atom is 0.243 e. The summed E-state index contributed by atoms with van der Waals surface area (Å²) in [6, 6.07) is 6.29. The van der Waals surface area contributed by atoms with Crippen LogP contribution in [0.5, 0.6) is 0 Å². The van der Waals surface area contributed by atoms with Gasteiger partial charge in [0.25, 0.3) is 0 Å². The van der Waals surface area contributed by atoms with Crippen molar-refractivity contribution < 1.29 is 26.3 Å². The molecule has 2 aliphatic heterocycles. The number of aromatic nitrogens is 2. The Morgan fingerprint density at radius 2 is 1.79 bits per heavy atom. The van der Waals surface area contributed by atoms with Crippen molar-refractivity contribution in [2.75, 3.05) is 19.7 Å². The van der Waals surface area contributed by atoms with Crippen LogP contribution in [-0.4, -0.2) is 48.1 Å². The largest absolute Gasteiger partial charge is 0.376 e. The van der Waals surface area contributed by atoms with Gasteiger partial charge in [-0.15, -0.1) is 0 Å². The zero-order valence-electron chi connectivity index (χ0n) is 18.3. The van der Waals surface area contributed by atoms with Crippen LogP contribution in [0.3, 0.4) is 0 Å². The second-order valence-electron chi connectivity index (χ2n) is 8.55. The highest BCUT2D eigenvalue weighted by Crippen LogP contribution is 2.32. The van der Waals surface area contributed by atoms with Crippen molar-refractivity contribution in [3.63, 3.8) is 0 Å². The molecule has 0 spiro atoms. The summed E-state index contributed by atoms with van der Waals surface area (Å²) in [5.41, 5.74) is 1.27. The van der Waals surface area contributed by atoms with Crippen molar-refractivity contribution in [2.24, 2.45) is 0 Å². The Balaban J connectivity index is 1.49. The molecule has 0 radical (unpaired) electrons. The second kappa shape index (κ2) is 9.52. The van der Waals surface area contributed by atoms with Crippen LogP contribution in [0.4, 0.5) is 13.2 Å². The summed E-state index contributed by atoms with van der Waals surface area (Å²) in [4.78, 5) is 4.82. The maximum absolute atomic E-state index is 14.2. The number of halogens is 3. The predicted octanol–water partition coefficient (Wildman–Crippen LogP) is 4.71. The summed E-state index contributed by atoms with van der Waals surface area (Å²) in [5.74, 6) is -3.13. The zero-order chi connectivity index (χ0) is 23.9. The minimum atomic E-state index is -3.60. The predicted molar refractivity (Wildman–Crippen MR) is 123 cm³/mol. The van der Waals surface area contributed by atoms with E-state index in [1.54, 1.807) is 18.2 Å². The Morgan fingerprint density at radius 3 is 2.53 bits per heavy atom. The molecule has 11 heteroatoms. The number of ether oxygens (including phenoxy) is 1. The Bertz CT molecular complexity index is 1320. The number of rotatable bonds is 7. The lowest BCUT2D eigenvalue weighted by Gasteiger charge is -2.16. The second-order valence-corrected chi connectivity index (χ2v) is 11.4. The van der Waals surface area contributed by atoms with Crippen LogP contribution in [0.2, 0.25) is 0 Å². The first-order valence-corrected chi connectivity index (χ1v) is 13.6. The van der Waals surface area contributed by atoms with Crippen LogP contribution < -0.4 is 0 Å². The minimum absolute atomic E-state index is 0.00948. The van der Waals surface area contributed by atoms with Gasteiger partial charge in [-0.2, -0.15) is 4.31 Å². The quantitative estimate of drug-likeness (QED) is 0.340. The topological polar surface area (TPSA) is 64.4 Å². The summed E-state index contributed by atoms with van der Waals surface area (Å²) in [5, 5.41) is 0.533. The van der Waals surface area contributed by atoms with Crippen LogP contribution in [0, 0.1) is 17.5 Å². The molecular formula is C23H24F3N3O3S2. The van der Waals surface area contributed by atoms with Gasteiger partial charge < -0.3 is 9.30 Å². The smallest absolute Gasteiger partial charge is 0.243 e. The third-order valence-electron chi connectivity index (χ3n) is 6.24. The highest BCUT2D eigenvalue weighted by molar-refractivity contribution is 7.98. The van der Waals surface area contributed by atoms with Crippen LogP contribution >= 0.6 is 11.8 Å². The van der Waals surface area contributed by atoms with Crippen LogP contribution in [0.1, 0.15) is 31.2 Å². The van der Waals surface area contributed by atoms with Crippen molar-refractivity contribution in [3.8, 4) is 0 Å². The normalized spacial score (nSPS) is 19.4. The van der Waals surface area contributed by atoms with E-state index < -0.39 is 27.5 Å². The molecule has 0 aliphatic carbocycles. The Kier molecular flexibility index (Phi) is 6.62. The summed E-state index contributed by atoms with van der Waals surface area (Å²) < 4.78 is 76.3. The Morgan fingerprint density at radius 1 is 1.03 bits per heavy atom. The monoisotopic (exact) mass is 511 g/mol. The fourth-order valence-corrected chi connectivity index (χ4v) is 6.96. The lowest BCUT2D eigenvalue weighted by Crippen LogP contribution is -2.27. The molecule has 1 atom stereocenters. The van der Waals surface area contributed by atoms with E-state index in [1.165, 1.54) is 16.1 Å². The molecule has 2 saturated heterocycles. The maximum atomic E-state index is 14.2. The average Bonchev–Trinajstić information content (AvgIpc) is 3.57. The molecule has 2 fully saturated rings. The fraction of sp³-hybridized carbons (Fsp3) is 0.435. The molecule has 0 bridgehead atoms. The third kappa shape index (κ3) is 4.58. The van der Waals surface area contributed by atoms with E-state index in [2.05, 4.69) is 4.98 Å². The van der Waals surface area contributed by atoms with Crippen LogP contribution in [-0.2, 0) is 27.1 Å². The Labute approximate surface area is 200 Å². The molecule has 182 valence electrons. The molecule has 0 saturated carbocycles. The molecule has 34 heavy (non-hydrogen) atoms.